The lowest BCUT2D eigenvalue weighted by Crippen LogP contribution is -2.09. The van der Waals surface area contributed by atoms with Crippen molar-refractivity contribution in [1.82, 2.24) is 19.7 Å². The van der Waals surface area contributed by atoms with E-state index in [1.807, 2.05) is 29.3 Å². The number of hydrogen-bond acceptors (Lipinski definition) is 5. The number of rotatable bonds is 3. The fourth-order valence-electron chi connectivity index (χ4n) is 3.26. The van der Waals surface area contributed by atoms with Gasteiger partial charge in [-0.15, -0.1) is 11.3 Å². The molecule has 1 N–H and O–H groups in total. The summed E-state index contributed by atoms with van der Waals surface area (Å²) in [6.45, 7) is 4.25. The SMILES string of the molecule is Cc1c(C(C)Nc2ncnc3sc4c(c23)CCC4)cnn1C. The van der Waals surface area contributed by atoms with Gasteiger partial charge in [0.15, 0.2) is 0 Å². The average molecular weight is 313 g/mol. The van der Waals surface area contributed by atoms with Crippen molar-refractivity contribution in [2.75, 3.05) is 5.32 Å². The van der Waals surface area contributed by atoms with Gasteiger partial charge in [-0.1, -0.05) is 0 Å². The Bertz CT molecular complexity index is 848. The Balaban J connectivity index is 1.74. The zero-order valence-corrected chi connectivity index (χ0v) is 13.9. The number of nitrogens with one attached hydrogen (secondary N) is 1. The molecule has 0 fully saturated rings. The second-order valence-corrected chi connectivity index (χ2v) is 7.02. The molecule has 3 aromatic heterocycles. The molecule has 1 unspecified atom stereocenters. The van der Waals surface area contributed by atoms with Gasteiger partial charge in [0.05, 0.1) is 17.6 Å². The molecule has 1 atom stereocenters. The van der Waals surface area contributed by atoms with E-state index in [9.17, 15) is 0 Å². The predicted octanol–water partition coefficient (Wildman–Crippen LogP) is 3.40. The topological polar surface area (TPSA) is 55.6 Å². The van der Waals surface area contributed by atoms with Crippen molar-refractivity contribution in [3.05, 3.63) is 34.2 Å². The van der Waals surface area contributed by atoms with Crippen molar-refractivity contribution >= 4 is 27.4 Å². The molecule has 3 heterocycles. The lowest BCUT2D eigenvalue weighted by Gasteiger charge is -2.15. The van der Waals surface area contributed by atoms with Crippen LogP contribution in [-0.4, -0.2) is 19.7 Å². The summed E-state index contributed by atoms with van der Waals surface area (Å²) in [5, 5.41) is 9.14. The summed E-state index contributed by atoms with van der Waals surface area (Å²) in [7, 11) is 1.97. The van der Waals surface area contributed by atoms with Gasteiger partial charge in [0.25, 0.3) is 0 Å². The monoisotopic (exact) mass is 313 g/mol. The molecule has 5 nitrogen and oxygen atoms in total. The standard InChI is InChI=1S/C16H19N5S/c1-9(12-7-19-21(3)10(12)2)20-15-14-11-5-4-6-13(11)22-16(14)18-8-17-15/h7-9H,4-6H2,1-3H3,(H,17,18,20). The van der Waals surface area contributed by atoms with E-state index in [2.05, 4.69) is 34.2 Å². The van der Waals surface area contributed by atoms with Crippen LogP contribution in [-0.2, 0) is 19.9 Å². The molecule has 3 aromatic rings. The van der Waals surface area contributed by atoms with Gasteiger partial charge in [-0.3, -0.25) is 4.68 Å². The number of fused-ring (bicyclic) bond motifs is 3. The molecule has 114 valence electrons. The molecule has 1 aliphatic rings. The minimum Gasteiger partial charge on any atom is -0.363 e. The lowest BCUT2D eigenvalue weighted by atomic mass is 10.1. The van der Waals surface area contributed by atoms with Gasteiger partial charge in [0, 0.05) is 23.2 Å². The quantitative estimate of drug-likeness (QED) is 0.805. The Labute approximate surface area is 133 Å². The van der Waals surface area contributed by atoms with Crippen molar-refractivity contribution in [3.63, 3.8) is 0 Å². The van der Waals surface area contributed by atoms with E-state index < -0.39 is 0 Å². The van der Waals surface area contributed by atoms with Crippen LogP contribution in [0.15, 0.2) is 12.5 Å². The molecule has 0 bridgehead atoms. The van der Waals surface area contributed by atoms with Crippen LogP contribution in [0.5, 0.6) is 0 Å². The Morgan fingerprint density at radius 2 is 2.18 bits per heavy atom. The van der Waals surface area contributed by atoms with Crippen molar-refractivity contribution in [3.8, 4) is 0 Å². The first kappa shape index (κ1) is 13.7. The second-order valence-electron chi connectivity index (χ2n) is 5.93. The van der Waals surface area contributed by atoms with Crippen molar-refractivity contribution in [2.45, 2.75) is 39.2 Å². The number of anilines is 1. The molecule has 0 saturated carbocycles. The second kappa shape index (κ2) is 5.05. The molecular weight excluding hydrogens is 294 g/mol. The third kappa shape index (κ3) is 2.01. The highest BCUT2D eigenvalue weighted by Gasteiger charge is 2.22. The maximum atomic E-state index is 4.52. The summed E-state index contributed by atoms with van der Waals surface area (Å²) in [5.74, 6) is 0.958. The van der Waals surface area contributed by atoms with Crippen LogP contribution in [0.3, 0.4) is 0 Å². The van der Waals surface area contributed by atoms with E-state index in [1.54, 1.807) is 6.33 Å². The summed E-state index contributed by atoms with van der Waals surface area (Å²) in [4.78, 5) is 11.6. The van der Waals surface area contributed by atoms with Crippen LogP contribution in [0.25, 0.3) is 10.2 Å². The summed E-state index contributed by atoms with van der Waals surface area (Å²) in [6, 6.07) is 0.170. The predicted molar refractivity (Wildman–Crippen MR) is 89.4 cm³/mol. The molecule has 0 aliphatic heterocycles. The molecule has 0 radical (unpaired) electrons. The van der Waals surface area contributed by atoms with Gasteiger partial charge in [0.2, 0.25) is 0 Å². The van der Waals surface area contributed by atoms with Crippen LogP contribution in [0.4, 0.5) is 5.82 Å². The summed E-state index contributed by atoms with van der Waals surface area (Å²) < 4.78 is 1.91. The molecule has 1 aliphatic carbocycles. The first-order valence-corrected chi connectivity index (χ1v) is 8.47. The minimum atomic E-state index is 0.170. The average Bonchev–Trinajstić information content (AvgIpc) is 3.15. The number of thiophene rings is 1. The van der Waals surface area contributed by atoms with Gasteiger partial charge in [-0.05, 0) is 38.7 Å². The van der Waals surface area contributed by atoms with E-state index >= 15 is 0 Å². The molecule has 22 heavy (non-hydrogen) atoms. The Kier molecular flexibility index (Phi) is 3.14. The summed E-state index contributed by atoms with van der Waals surface area (Å²) in [6.07, 6.45) is 7.19. The van der Waals surface area contributed by atoms with Crippen molar-refractivity contribution in [1.29, 1.82) is 0 Å². The summed E-state index contributed by atoms with van der Waals surface area (Å²) >= 11 is 1.82. The number of aryl methyl sites for hydroxylation is 3. The Hall–Kier alpha value is -1.95. The van der Waals surface area contributed by atoms with Gasteiger partial charge < -0.3 is 5.32 Å². The van der Waals surface area contributed by atoms with Gasteiger partial charge in [0.1, 0.15) is 17.0 Å². The van der Waals surface area contributed by atoms with Crippen LogP contribution < -0.4 is 5.32 Å². The van der Waals surface area contributed by atoms with Gasteiger partial charge in [-0.25, -0.2) is 9.97 Å². The Morgan fingerprint density at radius 1 is 1.32 bits per heavy atom. The van der Waals surface area contributed by atoms with E-state index in [-0.39, 0.29) is 6.04 Å². The van der Waals surface area contributed by atoms with Crippen molar-refractivity contribution < 1.29 is 0 Å². The molecule has 0 amide bonds. The molecule has 6 heteroatoms. The first-order chi connectivity index (χ1) is 10.6. The highest BCUT2D eigenvalue weighted by atomic mass is 32.1. The maximum absolute atomic E-state index is 4.52. The van der Waals surface area contributed by atoms with Crippen LogP contribution >= 0.6 is 11.3 Å². The van der Waals surface area contributed by atoms with Crippen LogP contribution in [0.2, 0.25) is 0 Å². The zero-order valence-electron chi connectivity index (χ0n) is 13.1. The molecular formula is C16H19N5S. The fourth-order valence-corrected chi connectivity index (χ4v) is 4.49. The normalized spacial score (nSPS) is 15.2. The lowest BCUT2D eigenvalue weighted by molar-refractivity contribution is 0.734. The van der Waals surface area contributed by atoms with E-state index in [0.717, 1.165) is 17.1 Å². The highest BCUT2D eigenvalue weighted by molar-refractivity contribution is 7.19. The molecule has 0 spiro atoms. The highest BCUT2D eigenvalue weighted by Crippen LogP contribution is 2.39. The maximum Gasteiger partial charge on any atom is 0.138 e. The van der Waals surface area contributed by atoms with Gasteiger partial charge in [-0.2, -0.15) is 5.10 Å². The Morgan fingerprint density at radius 3 is 2.95 bits per heavy atom. The molecule has 4 rings (SSSR count). The smallest absolute Gasteiger partial charge is 0.138 e. The number of hydrogen-bond donors (Lipinski definition) is 1. The van der Waals surface area contributed by atoms with E-state index in [1.165, 1.54) is 39.9 Å². The van der Waals surface area contributed by atoms with E-state index in [0.29, 0.717) is 0 Å². The summed E-state index contributed by atoms with van der Waals surface area (Å²) in [5.41, 5.74) is 3.85. The van der Waals surface area contributed by atoms with Crippen molar-refractivity contribution in [2.24, 2.45) is 7.05 Å². The van der Waals surface area contributed by atoms with Crippen LogP contribution in [0.1, 0.15) is 41.1 Å². The molecule has 0 saturated heterocycles. The largest absolute Gasteiger partial charge is 0.363 e. The fraction of sp³-hybridized carbons (Fsp3) is 0.438. The molecule has 0 aromatic carbocycles. The first-order valence-electron chi connectivity index (χ1n) is 7.65. The zero-order chi connectivity index (χ0) is 15.3. The van der Waals surface area contributed by atoms with E-state index in [4.69, 9.17) is 0 Å². The van der Waals surface area contributed by atoms with Crippen LogP contribution in [0, 0.1) is 6.92 Å². The third-order valence-electron chi connectivity index (χ3n) is 4.59. The third-order valence-corrected chi connectivity index (χ3v) is 5.79. The van der Waals surface area contributed by atoms with Gasteiger partial charge >= 0.3 is 0 Å². The number of nitrogens with zero attached hydrogens (tertiary/aromatic N) is 4. The minimum absolute atomic E-state index is 0.170. The number of aromatic nitrogens is 4.